The Labute approximate surface area is 142 Å². The molecule has 0 aromatic heterocycles. The summed E-state index contributed by atoms with van der Waals surface area (Å²) in [5.74, 6) is -0.708. The molecule has 0 spiro atoms. The van der Waals surface area contributed by atoms with Gasteiger partial charge in [-0.2, -0.15) is 0 Å². The van der Waals surface area contributed by atoms with Gasteiger partial charge in [-0.05, 0) is 58.4 Å². The minimum Gasteiger partial charge on any atom is -0.465 e. The van der Waals surface area contributed by atoms with E-state index in [2.05, 4.69) is 25.4 Å². The third-order valence-corrected chi connectivity index (χ3v) is 3.44. The van der Waals surface area contributed by atoms with E-state index in [4.69, 9.17) is 11.5 Å². The first kappa shape index (κ1) is 18.5. The summed E-state index contributed by atoms with van der Waals surface area (Å²) >= 11 is 3.21. The number of ether oxygens (including phenoxy) is 2. The van der Waals surface area contributed by atoms with Crippen molar-refractivity contribution in [2.24, 2.45) is 0 Å². The van der Waals surface area contributed by atoms with Gasteiger partial charge in [0.2, 0.25) is 0 Å². The molecule has 122 valence electrons. The summed E-state index contributed by atoms with van der Waals surface area (Å²) in [7, 11) is 2.69. The summed E-state index contributed by atoms with van der Waals surface area (Å²) in [4.78, 5) is 21.9. The molecule has 2 aromatic carbocycles. The average molecular weight is 381 g/mol. The predicted octanol–water partition coefficient (Wildman–Crippen LogP) is 2.87. The Kier molecular flexibility index (Phi) is 7.08. The number of carbonyl (C=O) groups is 2. The molecule has 0 fully saturated rings. The lowest BCUT2D eigenvalue weighted by molar-refractivity contribution is 0.0592. The van der Waals surface area contributed by atoms with Crippen LogP contribution in [0.1, 0.15) is 20.7 Å². The zero-order valence-electron chi connectivity index (χ0n) is 12.7. The molecule has 4 N–H and O–H groups in total. The van der Waals surface area contributed by atoms with Crippen LogP contribution >= 0.6 is 15.9 Å². The van der Waals surface area contributed by atoms with Gasteiger partial charge in [0.1, 0.15) is 0 Å². The Bertz CT molecular complexity index is 687. The van der Waals surface area contributed by atoms with Crippen LogP contribution in [-0.4, -0.2) is 26.2 Å². The molecule has 0 heterocycles. The van der Waals surface area contributed by atoms with Gasteiger partial charge < -0.3 is 20.9 Å². The van der Waals surface area contributed by atoms with Crippen LogP contribution in [0.4, 0.5) is 11.4 Å². The van der Waals surface area contributed by atoms with Gasteiger partial charge in [-0.1, -0.05) is 0 Å². The van der Waals surface area contributed by atoms with Crippen LogP contribution in [0.3, 0.4) is 0 Å². The van der Waals surface area contributed by atoms with E-state index in [9.17, 15) is 9.59 Å². The Morgan fingerprint density at radius 1 is 0.870 bits per heavy atom. The normalized spacial score (nSPS) is 9.35. The van der Waals surface area contributed by atoms with Gasteiger partial charge in [0.25, 0.3) is 0 Å². The highest BCUT2D eigenvalue weighted by Gasteiger charge is 2.06. The minimum atomic E-state index is -0.365. The monoisotopic (exact) mass is 380 g/mol. The van der Waals surface area contributed by atoms with Gasteiger partial charge >= 0.3 is 11.9 Å². The van der Waals surface area contributed by atoms with Crippen molar-refractivity contribution in [3.05, 3.63) is 58.1 Å². The number of hydrogen-bond acceptors (Lipinski definition) is 6. The third kappa shape index (κ3) is 5.63. The maximum atomic E-state index is 11.0. The van der Waals surface area contributed by atoms with Crippen molar-refractivity contribution in [2.75, 3.05) is 25.7 Å². The predicted molar refractivity (Wildman–Crippen MR) is 92.1 cm³/mol. The Morgan fingerprint density at radius 3 is 1.83 bits per heavy atom. The smallest absolute Gasteiger partial charge is 0.337 e. The summed E-state index contributed by atoms with van der Waals surface area (Å²) in [5.41, 5.74) is 13.2. The SMILES string of the molecule is COC(=O)c1ccc(N)c(Br)c1.COC(=O)c1ccc(N)cc1. The summed E-state index contributed by atoms with van der Waals surface area (Å²) in [6, 6.07) is 11.5. The fourth-order valence-corrected chi connectivity index (χ4v) is 1.89. The van der Waals surface area contributed by atoms with E-state index in [0.29, 0.717) is 27.0 Å². The maximum absolute atomic E-state index is 11.0. The molecular weight excluding hydrogens is 364 g/mol. The third-order valence-electron chi connectivity index (χ3n) is 2.75. The highest BCUT2D eigenvalue weighted by molar-refractivity contribution is 9.10. The summed E-state index contributed by atoms with van der Waals surface area (Å²) in [6.07, 6.45) is 0. The van der Waals surface area contributed by atoms with Gasteiger partial charge in [-0.3, -0.25) is 0 Å². The van der Waals surface area contributed by atoms with Crippen molar-refractivity contribution in [2.45, 2.75) is 0 Å². The Balaban J connectivity index is 0.000000231. The van der Waals surface area contributed by atoms with Crippen LogP contribution in [0.2, 0.25) is 0 Å². The number of rotatable bonds is 2. The van der Waals surface area contributed by atoms with Crippen molar-refractivity contribution in [3.63, 3.8) is 0 Å². The molecule has 0 amide bonds. The number of methoxy groups -OCH3 is 2. The van der Waals surface area contributed by atoms with Gasteiger partial charge in [-0.15, -0.1) is 0 Å². The van der Waals surface area contributed by atoms with Gasteiger partial charge in [0, 0.05) is 15.8 Å². The maximum Gasteiger partial charge on any atom is 0.337 e. The molecule has 2 rings (SSSR count). The van der Waals surface area contributed by atoms with Crippen molar-refractivity contribution < 1.29 is 19.1 Å². The molecule has 6 nitrogen and oxygen atoms in total. The van der Waals surface area contributed by atoms with Gasteiger partial charge in [0.05, 0.1) is 25.3 Å². The molecule has 0 atom stereocenters. The molecule has 0 aliphatic carbocycles. The van der Waals surface area contributed by atoms with Crippen LogP contribution in [0.5, 0.6) is 0 Å². The van der Waals surface area contributed by atoms with Crippen LogP contribution in [0.15, 0.2) is 46.9 Å². The molecule has 0 aliphatic heterocycles. The highest BCUT2D eigenvalue weighted by Crippen LogP contribution is 2.20. The Morgan fingerprint density at radius 2 is 1.35 bits per heavy atom. The first-order valence-corrected chi connectivity index (χ1v) is 7.25. The second-order valence-electron chi connectivity index (χ2n) is 4.34. The largest absolute Gasteiger partial charge is 0.465 e. The topological polar surface area (TPSA) is 105 Å². The molecule has 0 bridgehead atoms. The van der Waals surface area contributed by atoms with Crippen molar-refractivity contribution >= 4 is 39.2 Å². The lowest BCUT2D eigenvalue weighted by Gasteiger charge is -2.01. The second kappa shape index (κ2) is 8.79. The van der Waals surface area contributed by atoms with Crippen LogP contribution < -0.4 is 11.5 Å². The van der Waals surface area contributed by atoms with Crippen LogP contribution in [-0.2, 0) is 9.47 Å². The Hall–Kier alpha value is -2.54. The number of carbonyl (C=O) groups excluding carboxylic acids is 2. The highest BCUT2D eigenvalue weighted by atomic mass is 79.9. The number of halogens is 1. The van der Waals surface area contributed by atoms with Gasteiger partial charge in [-0.25, -0.2) is 9.59 Å². The number of nitrogen functional groups attached to an aromatic ring is 2. The lowest BCUT2D eigenvalue weighted by atomic mass is 10.2. The van der Waals surface area contributed by atoms with Crippen LogP contribution in [0, 0.1) is 0 Å². The molecular formula is C16H17BrN2O4. The molecule has 0 saturated heterocycles. The van der Waals surface area contributed by atoms with Gasteiger partial charge in [0.15, 0.2) is 0 Å². The summed E-state index contributed by atoms with van der Waals surface area (Å²) in [5, 5.41) is 0. The number of benzene rings is 2. The fourth-order valence-electron chi connectivity index (χ4n) is 1.51. The number of anilines is 2. The molecule has 0 aliphatic rings. The zero-order valence-corrected chi connectivity index (χ0v) is 14.3. The van der Waals surface area contributed by atoms with E-state index in [1.807, 2.05) is 0 Å². The van der Waals surface area contributed by atoms with Crippen LogP contribution in [0.25, 0.3) is 0 Å². The average Bonchev–Trinajstić information content (AvgIpc) is 2.57. The van der Waals surface area contributed by atoms with E-state index < -0.39 is 0 Å². The van der Waals surface area contributed by atoms with E-state index in [0.717, 1.165) is 0 Å². The first-order chi connectivity index (χ1) is 10.9. The minimum absolute atomic E-state index is 0.343. The first-order valence-electron chi connectivity index (χ1n) is 6.46. The summed E-state index contributed by atoms with van der Waals surface area (Å²) < 4.78 is 9.73. The second-order valence-corrected chi connectivity index (χ2v) is 5.20. The molecule has 0 radical (unpaired) electrons. The molecule has 2 aromatic rings. The lowest BCUT2D eigenvalue weighted by Crippen LogP contribution is -2.01. The van der Waals surface area contributed by atoms with E-state index in [-0.39, 0.29) is 11.9 Å². The molecule has 7 heteroatoms. The van der Waals surface area contributed by atoms with Crippen molar-refractivity contribution in [1.29, 1.82) is 0 Å². The molecule has 0 saturated carbocycles. The standard InChI is InChI=1S/C8H8BrNO2.C8H9NO2/c1-12-8(11)5-2-3-7(10)6(9)4-5;1-11-8(10)6-2-4-7(9)5-3-6/h2-4H,10H2,1H3;2-5H,9H2,1H3. The zero-order chi connectivity index (χ0) is 17.4. The van der Waals surface area contributed by atoms with Crippen molar-refractivity contribution in [3.8, 4) is 0 Å². The molecule has 0 unspecified atom stereocenters. The fraction of sp³-hybridized carbons (Fsp3) is 0.125. The van der Waals surface area contributed by atoms with E-state index in [1.165, 1.54) is 14.2 Å². The number of hydrogen-bond donors (Lipinski definition) is 2. The number of nitrogens with two attached hydrogens (primary N) is 2. The van der Waals surface area contributed by atoms with Crippen molar-refractivity contribution in [1.82, 2.24) is 0 Å². The van der Waals surface area contributed by atoms with E-state index >= 15 is 0 Å². The molecule has 23 heavy (non-hydrogen) atoms. The number of esters is 2. The quantitative estimate of drug-likeness (QED) is 0.612. The van der Waals surface area contributed by atoms with E-state index in [1.54, 1.807) is 42.5 Å². The summed E-state index contributed by atoms with van der Waals surface area (Å²) in [6.45, 7) is 0.